The smallest absolute Gasteiger partial charge is 0.225 e. The van der Waals surface area contributed by atoms with Crippen LogP contribution in [0.4, 0.5) is 0 Å². The van der Waals surface area contributed by atoms with Crippen molar-refractivity contribution in [1.29, 1.82) is 0 Å². The Kier molecular flexibility index (Phi) is 8.36. The average Bonchev–Trinajstić information content (AvgIpc) is 3.06. The molecule has 0 bridgehead atoms. The molecule has 0 radical (unpaired) electrons. The summed E-state index contributed by atoms with van der Waals surface area (Å²) in [5, 5.41) is 12.3. The molecule has 178 valence electrons. The number of guanidine groups is 1. The molecular formula is C23H39N7O2. The highest BCUT2D eigenvalue weighted by Gasteiger charge is 2.30. The zero-order valence-corrected chi connectivity index (χ0v) is 19.6. The molecule has 0 saturated carbocycles. The minimum atomic E-state index is 0.135. The summed E-state index contributed by atoms with van der Waals surface area (Å²) in [7, 11) is 0. The van der Waals surface area contributed by atoms with Crippen LogP contribution in [0.5, 0.6) is 0 Å². The summed E-state index contributed by atoms with van der Waals surface area (Å²) in [6.07, 6.45) is 8.48. The Morgan fingerprint density at radius 3 is 2.66 bits per heavy atom. The molecule has 9 nitrogen and oxygen atoms in total. The van der Waals surface area contributed by atoms with Crippen LogP contribution in [0.1, 0.15) is 57.1 Å². The van der Waals surface area contributed by atoms with Crippen LogP contribution < -0.4 is 5.32 Å². The van der Waals surface area contributed by atoms with Gasteiger partial charge in [-0.05, 0) is 39.0 Å². The Labute approximate surface area is 191 Å². The third-order valence-corrected chi connectivity index (χ3v) is 6.81. The van der Waals surface area contributed by atoms with Gasteiger partial charge >= 0.3 is 0 Å². The van der Waals surface area contributed by atoms with Crippen molar-refractivity contribution in [2.45, 2.75) is 64.8 Å². The summed E-state index contributed by atoms with van der Waals surface area (Å²) < 4.78 is 7.71. The molecule has 2 saturated heterocycles. The molecule has 2 fully saturated rings. The van der Waals surface area contributed by atoms with E-state index in [1.165, 1.54) is 19.3 Å². The summed E-state index contributed by atoms with van der Waals surface area (Å²) in [5.41, 5.74) is 0. The molecule has 1 aromatic rings. The van der Waals surface area contributed by atoms with Gasteiger partial charge in [0.05, 0.1) is 13.2 Å². The number of hydrogen-bond donors (Lipinski definition) is 1. The molecule has 0 aliphatic carbocycles. The normalized spacial score (nSPS) is 20.7. The van der Waals surface area contributed by atoms with E-state index in [9.17, 15) is 4.79 Å². The molecule has 1 N–H and O–H groups in total. The molecule has 9 heteroatoms. The molecule has 32 heavy (non-hydrogen) atoms. The van der Waals surface area contributed by atoms with Crippen LogP contribution in [0.3, 0.4) is 0 Å². The summed E-state index contributed by atoms with van der Waals surface area (Å²) in [6.45, 7) is 9.35. The first-order chi connectivity index (χ1) is 15.8. The molecule has 0 atom stereocenters. The minimum Gasteiger partial charge on any atom is -0.378 e. The second kappa shape index (κ2) is 11.6. The van der Waals surface area contributed by atoms with Crippen LogP contribution in [-0.4, -0.2) is 88.9 Å². The van der Waals surface area contributed by atoms with Gasteiger partial charge in [0.15, 0.2) is 5.96 Å². The second-order valence-corrected chi connectivity index (χ2v) is 9.03. The summed E-state index contributed by atoms with van der Waals surface area (Å²) in [6, 6.07) is 0. The van der Waals surface area contributed by atoms with E-state index in [2.05, 4.69) is 31.9 Å². The number of aromatic nitrogens is 3. The number of hydrogen-bond acceptors (Lipinski definition) is 5. The molecule has 4 rings (SSSR count). The SMILES string of the molecule is CCNC(=NCCCc1nnc2n1CCCCC2)N1CCC(C(=O)N2CCOCC2)CC1. The second-order valence-electron chi connectivity index (χ2n) is 9.03. The van der Waals surface area contributed by atoms with Crippen molar-refractivity contribution in [1.82, 2.24) is 29.9 Å². The fourth-order valence-corrected chi connectivity index (χ4v) is 4.96. The van der Waals surface area contributed by atoms with E-state index in [4.69, 9.17) is 9.73 Å². The van der Waals surface area contributed by atoms with E-state index in [1.807, 2.05) is 4.90 Å². The maximum Gasteiger partial charge on any atom is 0.225 e. The van der Waals surface area contributed by atoms with Crippen LogP contribution in [0.2, 0.25) is 0 Å². The van der Waals surface area contributed by atoms with Crippen molar-refractivity contribution in [2.24, 2.45) is 10.9 Å². The number of nitrogens with one attached hydrogen (secondary N) is 1. The van der Waals surface area contributed by atoms with Gasteiger partial charge in [-0.25, -0.2) is 0 Å². The third-order valence-electron chi connectivity index (χ3n) is 6.81. The highest BCUT2D eigenvalue weighted by atomic mass is 16.5. The lowest BCUT2D eigenvalue weighted by atomic mass is 9.95. The molecule has 4 heterocycles. The van der Waals surface area contributed by atoms with Gasteiger partial charge in [0, 0.05) is 64.6 Å². The van der Waals surface area contributed by atoms with Crippen molar-refractivity contribution in [2.75, 3.05) is 52.5 Å². The van der Waals surface area contributed by atoms with E-state index >= 15 is 0 Å². The zero-order chi connectivity index (χ0) is 22.2. The number of aliphatic imine (C=N–C) groups is 1. The maximum atomic E-state index is 12.8. The van der Waals surface area contributed by atoms with E-state index in [-0.39, 0.29) is 5.92 Å². The van der Waals surface area contributed by atoms with Crippen molar-refractivity contribution < 1.29 is 9.53 Å². The molecule has 1 aromatic heterocycles. The fraction of sp³-hybridized carbons (Fsp3) is 0.826. The van der Waals surface area contributed by atoms with Gasteiger partial charge < -0.3 is 24.4 Å². The minimum absolute atomic E-state index is 0.135. The monoisotopic (exact) mass is 445 g/mol. The number of nitrogens with zero attached hydrogens (tertiary/aromatic N) is 6. The number of carbonyl (C=O) groups excluding carboxylic acids is 1. The lowest BCUT2D eigenvalue weighted by molar-refractivity contribution is -0.140. The quantitative estimate of drug-likeness (QED) is 0.405. The molecule has 0 aromatic carbocycles. The van der Waals surface area contributed by atoms with Crippen LogP contribution in [0.15, 0.2) is 4.99 Å². The van der Waals surface area contributed by atoms with Crippen molar-refractivity contribution in [3.63, 3.8) is 0 Å². The third kappa shape index (κ3) is 5.79. The first-order valence-electron chi connectivity index (χ1n) is 12.6. The molecule has 3 aliphatic rings. The van der Waals surface area contributed by atoms with E-state index < -0.39 is 0 Å². The van der Waals surface area contributed by atoms with E-state index in [1.54, 1.807) is 0 Å². The number of likely N-dealkylation sites (tertiary alicyclic amines) is 1. The number of ether oxygens (including phenoxy) is 1. The lowest BCUT2D eigenvalue weighted by Crippen LogP contribution is -2.50. The standard InChI is InChI=1S/C23H39N7O2/c1-2-24-23(25-11-6-8-21-27-26-20-7-4-3-5-12-30(20)21)29-13-9-19(10-14-29)22(31)28-15-17-32-18-16-28/h19H,2-18H2,1H3,(H,24,25). The Bertz CT molecular complexity index is 764. The van der Waals surface area contributed by atoms with Crippen LogP contribution in [-0.2, 0) is 28.9 Å². The van der Waals surface area contributed by atoms with E-state index in [0.717, 1.165) is 95.5 Å². The van der Waals surface area contributed by atoms with Gasteiger partial charge in [0.2, 0.25) is 5.91 Å². The van der Waals surface area contributed by atoms with Gasteiger partial charge in [-0.3, -0.25) is 9.79 Å². The van der Waals surface area contributed by atoms with Crippen LogP contribution in [0, 0.1) is 5.92 Å². The Morgan fingerprint density at radius 2 is 1.88 bits per heavy atom. The molecule has 1 amide bonds. The van der Waals surface area contributed by atoms with Crippen molar-refractivity contribution >= 4 is 11.9 Å². The van der Waals surface area contributed by atoms with Gasteiger partial charge in [-0.1, -0.05) is 6.42 Å². The Balaban J connectivity index is 1.25. The van der Waals surface area contributed by atoms with E-state index in [0.29, 0.717) is 19.1 Å². The Hall–Kier alpha value is -2.16. The van der Waals surface area contributed by atoms with Crippen LogP contribution in [0.25, 0.3) is 0 Å². The highest BCUT2D eigenvalue weighted by molar-refractivity contribution is 5.81. The molecular weight excluding hydrogens is 406 g/mol. The summed E-state index contributed by atoms with van der Waals surface area (Å²) >= 11 is 0. The van der Waals surface area contributed by atoms with Crippen LogP contribution >= 0.6 is 0 Å². The predicted molar refractivity (Wildman–Crippen MR) is 124 cm³/mol. The van der Waals surface area contributed by atoms with Crippen molar-refractivity contribution in [3.8, 4) is 0 Å². The van der Waals surface area contributed by atoms with Gasteiger partial charge in [-0.15, -0.1) is 10.2 Å². The first-order valence-corrected chi connectivity index (χ1v) is 12.6. The number of carbonyl (C=O) groups is 1. The number of fused-ring (bicyclic) bond motifs is 1. The number of amides is 1. The maximum absolute atomic E-state index is 12.8. The summed E-state index contributed by atoms with van der Waals surface area (Å²) in [4.78, 5) is 22.0. The number of piperidine rings is 1. The predicted octanol–water partition coefficient (Wildman–Crippen LogP) is 1.47. The highest BCUT2D eigenvalue weighted by Crippen LogP contribution is 2.21. The summed E-state index contributed by atoms with van der Waals surface area (Å²) in [5.74, 6) is 3.69. The Morgan fingerprint density at radius 1 is 1.06 bits per heavy atom. The van der Waals surface area contributed by atoms with Gasteiger partial charge in [-0.2, -0.15) is 0 Å². The largest absolute Gasteiger partial charge is 0.378 e. The first kappa shape index (κ1) is 23.0. The molecule has 0 spiro atoms. The number of rotatable bonds is 6. The number of aryl methyl sites for hydroxylation is 2. The lowest BCUT2D eigenvalue weighted by Gasteiger charge is -2.36. The van der Waals surface area contributed by atoms with Crippen molar-refractivity contribution in [3.05, 3.63) is 11.6 Å². The fourth-order valence-electron chi connectivity index (χ4n) is 4.96. The average molecular weight is 446 g/mol. The van der Waals surface area contributed by atoms with Gasteiger partial charge in [0.25, 0.3) is 0 Å². The molecule has 3 aliphatic heterocycles. The topological polar surface area (TPSA) is 87.9 Å². The molecule has 0 unspecified atom stereocenters. The zero-order valence-electron chi connectivity index (χ0n) is 19.6. The van der Waals surface area contributed by atoms with Gasteiger partial charge in [0.1, 0.15) is 11.6 Å². The number of morpholine rings is 1.